The normalized spacial score (nSPS) is 27.7. The smallest absolute Gasteiger partial charge is 0.164 e. The first kappa shape index (κ1) is 25.2. The number of fused-ring (bicyclic) bond motifs is 2. The number of H-pyrrole nitrogens is 1. The zero-order chi connectivity index (χ0) is 26.6. The van der Waals surface area contributed by atoms with Crippen LogP contribution in [0.5, 0.6) is 0 Å². The molecule has 0 bridgehead atoms. The predicted molar refractivity (Wildman–Crippen MR) is 145 cm³/mol. The molecule has 6 rings (SSSR count). The van der Waals surface area contributed by atoms with Crippen LogP contribution < -0.4 is 5.73 Å². The van der Waals surface area contributed by atoms with E-state index in [-0.39, 0.29) is 0 Å². The average Bonchev–Trinajstić information content (AvgIpc) is 3.54. The van der Waals surface area contributed by atoms with E-state index in [9.17, 15) is 10.2 Å². The molecule has 4 heterocycles. The third kappa shape index (κ3) is 4.55. The van der Waals surface area contributed by atoms with E-state index in [1.807, 2.05) is 6.07 Å². The molecule has 10 nitrogen and oxygen atoms in total. The van der Waals surface area contributed by atoms with Crippen LogP contribution in [-0.2, 0) is 11.2 Å². The number of nitrogens with one attached hydrogen (secondary N) is 1. The number of rotatable bonds is 8. The summed E-state index contributed by atoms with van der Waals surface area (Å²) < 4.78 is 7.99. The molecule has 0 unspecified atom stereocenters. The number of ether oxygens (including phenoxy) is 1. The number of hydrogen-bond donors (Lipinski definition) is 4. The maximum atomic E-state index is 10.9. The van der Waals surface area contributed by atoms with Gasteiger partial charge in [-0.1, -0.05) is 6.07 Å². The molecular formula is C28H37N7O3. The van der Waals surface area contributed by atoms with Gasteiger partial charge < -0.3 is 30.2 Å². The Morgan fingerprint density at radius 2 is 2.00 bits per heavy atom. The molecule has 1 aromatic carbocycles. The van der Waals surface area contributed by atoms with E-state index in [0.717, 1.165) is 42.5 Å². The fourth-order valence-corrected chi connectivity index (χ4v) is 6.13. The van der Waals surface area contributed by atoms with Gasteiger partial charge in [0, 0.05) is 31.2 Å². The fraction of sp³-hybridized carbons (Fsp3) is 0.536. The van der Waals surface area contributed by atoms with Crippen LogP contribution in [0.25, 0.3) is 22.1 Å². The number of nitrogen functional groups attached to an aromatic ring is 1. The summed E-state index contributed by atoms with van der Waals surface area (Å²) in [4.78, 5) is 19.0. The lowest BCUT2D eigenvalue weighted by Crippen LogP contribution is -2.52. The minimum Gasteiger partial charge on any atom is -0.387 e. The molecule has 1 saturated carbocycles. The van der Waals surface area contributed by atoms with E-state index < -0.39 is 24.5 Å². The maximum Gasteiger partial charge on any atom is 0.164 e. The van der Waals surface area contributed by atoms with Crippen molar-refractivity contribution in [3.63, 3.8) is 0 Å². The van der Waals surface area contributed by atoms with Crippen molar-refractivity contribution < 1.29 is 14.9 Å². The van der Waals surface area contributed by atoms with Gasteiger partial charge in [-0.25, -0.2) is 15.0 Å². The minimum absolute atomic E-state index is 0.298. The number of aliphatic hydroxyl groups is 2. The molecule has 202 valence electrons. The highest BCUT2D eigenvalue weighted by Crippen LogP contribution is 2.38. The van der Waals surface area contributed by atoms with E-state index in [4.69, 9.17) is 15.5 Å². The molecule has 0 spiro atoms. The molecule has 5 N–H and O–H groups in total. The predicted octanol–water partition coefficient (Wildman–Crippen LogP) is 2.94. The summed E-state index contributed by atoms with van der Waals surface area (Å²) in [5.41, 5.74) is 9.91. The minimum atomic E-state index is -1.07. The van der Waals surface area contributed by atoms with Crippen molar-refractivity contribution in [3.8, 4) is 0 Å². The van der Waals surface area contributed by atoms with Crippen LogP contribution in [0.2, 0.25) is 0 Å². The molecule has 0 amide bonds. The second-order valence-electron chi connectivity index (χ2n) is 11.3. The molecule has 4 aromatic rings. The van der Waals surface area contributed by atoms with Crippen LogP contribution in [0.3, 0.4) is 0 Å². The largest absolute Gasteiger partial charge is 0.387 e. The second-order valence-corrected chi connectivity index (χ2v) is 11.3. The van der Waals surface area contributed by atoms with E-state index in [0.29, 0.717) is 41.4 Å². The van der Waals surface area contributed by atoms with Gasteiger partial charge in [0.15, 0.2) is 6.23 Å². The molecule has 38 heavy (non-hydrogen) atoms. The van der Waals surface area contributed by atoms with Gasteiger partial charge in [0.25, 0.3) is 0 Å². The molecule has 1 aliphatic heterocycles. The molecule has 3 aromatic heterocycles. The summed E-state index contributed by atoms with van der Waals surface area (Å²) in [5.74, 6) is 2.08. The van der Waals surface area contributed by atoms with E-state index >= 15 is 0 Å². The number of imidazole rings is 1. The van der Waals surface area contributed by atoms with Crippen LogP contribution in [0.4, 0.5) is 5.82 Å². The number of nitrogens with two attached hydrogens (primary N) is 1. The van der Waals surface area contributed by atoms with Gasteiger partial charge in [-0.05, 0) is 69.7 Å². The quantitative estimate of drug-likeness (QED) is 0.279. The van der Waals surface area contributed by atoms with Gasteiger partial charge >= 0.3 is 0 Å². The molecule has 2 fully saturated rings. The lowest BCUT2D eigenvalue weighted by atomic mass is 9.76. The zero-order valence-electron chi connectivity index (χ0n) is 22.2. The number of aromatic nitrogens is 5. The van der Waals surface area contributed by atoms with Gasteiger partial charge in [0.1, 0.15) is 41.9 Å². The molecule has 1 saturated heterocycles. The summed E-state index contributed by atoms with van der Waals surface area (Å²) in [6, 6.07) is 8.87. The molecule has 0 radical (unpaired) electrons. The van der Waals surface area contributed by atoms with E-state index in [2.05, 4.69) is 58.8 Å². The average molecular weight is 520 g/mol. The second kappa shape index (κ2) is 9.92. The fourth-order valence-electron chi connectivity index (χ4n) is 6.13. The Hall–Kier alpha value is -3.05. The highest BCUT2D eigenvalue weighted by molar-refractivity contribution is 5.86. The van der Waals surface area contributed by atoms with Crippen LogP contribution in [0.1, 0.15) is 50.7 Å². The lowest BCUT2D eigenvalue weighted by molar-refractivity contribution is -0.0618. The highest BCUT2D eigenvalue weighted by atomic mass is 16.6. The summed E-state index contributed by atoms with van der Waals surface area (Å²) in [7, 11) is 0. The van der Waals surface area contributed by atoms with Crippen molar-refractivity contribution in [2.45, 2.75) is 83.1 Å². The number of aromatic amines is 1. The number of aliphatic hydroxyl groups excluding tert-OH is 2. The first-order valence-electron chi connectivity index (χ1n) is 13.6. The van der Waals surface area contributed by atoms with Gasteiger partial charge in [-0.3, -0.25) is 4.90 Å². The summed E-state index contributed by atoms with van der Waals surface area (Å²) >= 11 is 0. The maximum absolute atomic E-state index is 10.9. The first-order chi connectivity index (χ1) is 18.3. The summed E-state index contributed by atoms with van der Waals surface area (Å²) in [6.07, 6.45) is 4.15. The topological polar surface area (TPSA) is 138 Å². The van der Waals surface area contributed by atoms with Crippen molar-refractivity contribution in [2.24, 2.45) is 5.92 Å². The Morgan fingerprint density at radius 3 is 2.79 bits per heavy atom. The number of anilines is 1. The monoisotopic (exact) mass is 519 g/mol. The molecule has 1 aliphatic carbocycles. The number of benzene rings is 1. The zero-order valence-corrected chi connectivity index (χ0v) is 22.2. The third-order valence-electron chi connectivity index (χ3n) is 8.36. The van der Waals surface area contributed by atoms with Crippen LogP contribution in [0, 0.1) is 12.8 Å². The Morgan fingerprint density at radius 1 is 1.18 bits per heavy atom. The molecule has 10 heteroatoms. The van der Waals surface area contributed by atoms with Crippen LogP contribution in [-0.4, -0.2) is 76.6 Å². The number of nitrogens with zero attached hydrogens (tertiary/aromatic N) is 5. The molecular weight excluding hydrogens is 482 g/mol. The standard InChI is InChI=1S/C28H37N7O3/c1-15(2)35(18-11-17(12-18)5-7-23-32-20-6-4-16(3)10-21(20)33-23)13-22-24(36)25(37)28(38-22)34-9-8-19-26(29)30-14-31-27(19)34/h4,6,8-10,14-15,17-18,22,24-25,28,36-37H,5,7,11-13H2,1-3H3,(H,32,33)(H2,29,30,31)/t17-,18+,22-,24-,25-,28-/m1/s1. The summed E-state index contributed by atoms with van der Waals surface area (Å²) in [6.45, 7) is 7.01. The van der Waals surface area contributed by atoms with E-state index in [1.165, 1.54) is 11.9 Å². The van der Waals surface area contributed by atoms with Crippen molar-refractivity contribution in [3.05, 3.63) is 48.2 Å². The van der Waals surface area contributed by atoms with Crippen molar-refractivity contribution >= 4 is 27.9 Å². The van der Waals surface area contributed by atoms with Gasteiger partial charge in [0.2, 0.25) is 0 Å². The highest BCUT2D eigenvalue weighted by Gasteiger charge is 2.46. The molecule has 4 atom stereocenters. The number of hydrogen-bond acceptors (Lipinski definition) is 8. The Bertz CT molecular complexity index is 1430. The Balaban J connectivity index is 1.07. The SMILES string of the molecule is Cc1ccc2[nH]c(CC[C@H]3C[C@@H](N(C[C@H]4O[C@@H](n5ccc6c(N)ncnc65)[C@H](O)[C@@H]4O)C(C)C)C3)nc2c1. The third-order valence-corrected chi connectivity index (χ3v) is 8.36. The van der Waals surface area contributed by atoms with E-state index in [1.54, 1.807) is 10.8 Å². The van der Waals surface area contributed by atoms with Crippen molar-refractivity contribution in [1.82, 2.24) is 29.4 Å². The van der Waals surface area contributed by atoms with Gasteiger partial charge in [0.05, 0.1) is 16.4 Å². The van der Waals surface area contributed by atoms with Crippen LogP contribution >= 0.6 is 0 Å². The van der Waals surface area contributed by atoms with Crippen molar-refractivity contribution in [1.29, 1.82) is 0 Å². The van der Waals surface area contributed by atoms with Crippen LogP contribution in [0.15, 0.2) is 36.8 Å². The molecule has 2 aliphatic rings. The van der Waals surface area contributed by atoms with Gasteiger partial charge in [-0.2, -0.15) is 0 Å². The Kier molecular flexibility index (Phi) is 6.59. The number of aryl methyl sites for hydroxylation is 2. The Labute approximate surface area is 221 Å². The first-order valence-corrected chi connectivity index (χ1v) is 13.6. The lowest BCUT2D eigenvalue weighted by Gasteiger charge is -2.46. The van der Waals surface area contributed by atoms with Gasteiger partial charge in [-0.15, -0.1) is 0 Å². The summed E-state index contributed by atoms with van der Waals surface area (Å²) in [5, 5.41) is 22.5. The van der Waals surface area contributed by atoms with Crippen molar-refractivity contribution in [2.75, 3.05) is 12.3 Å².